The quantitative estimate of drug-likeness (QED) is 0.503. The summed E-state index contributed by atoms with van der Waals surface area (Å²) in [5.41, 5.74) is 3.53. The van der Waals surface area contributed by atoms with Gasteiger partial charge in [0.25, 0.3) is 0 Å². The first-order valence-corrected chi connectivity index (χ1v) is 12.5. The summed E-state index contributed by atoms with van der Waals surface area (Å²) >= 11 is 0. The molecule has 0 aromatic heterocycles. The van der Waals surface area contributed by atoms with Gasteiger partial charge in [-0.2, -0.15) is 0 Å². The van der Waals surface area contributed by atoms with Crippen LogP contribution in [-0.2, 0) is 14.3 Å². The number of carboxylic acid groups (broad SMARTS) is 1. The molecule has 1 fully saturated rings. The minimum absolute atomic E-state index is 0.0647. The maximum atomic E-state index is 13.1. The number of nitrogens with one attached hydrogen (secondary N) is 2. The summed E-state index contributed by atoms with van der Waals surface area (Å²) in [4.78, 5) is 37.7. The molecule has 0 heterocycles. The van der Waals surface area contributed by atoms with Crippen LogP contribution >= 0.6 is 0 Å². The molecule has 186 valence electrons. The predicted octanol–water partition coefficient (Wildman–Crippen LogP) is 4.84. The van der Waals surface area contributed by atoms with Crippen LogP contribution in [0.25, 0.3) is 11.1 Å². The van der Waals surface area contributed by atoms with Gasteiger partial charge in [-0.15, -0.1) is 0 Å². The van der Waals surface area contributed by atoms with E-state index in [0.29, 0.717) is 25.7 Å². The summed E-state index contributed by atoms with van der Waals surface area (Å²) in [5.74, 6) is -1.33. The van der Waals surface area contributed by atoms with E-state index in [4.69, 9.17) is 4.74 Å². The molecule has 3 N–H and O–H groups in total. The highest BCUT2D eigenvalue weighted by atomic mass is 16.5. The molecule has 2 aromatic carbocycles. The number of hydrogen-bond donors (Lipinski definition) is 3. The minimum atomic E-state index is -1.01. The van der Waals surface area contributed by atoms with Crippen molar-refractivity contribution in [3.63, 3.8) is 0 Å². The average Bonchev–Trinajstić information content (AvgIpc) is 3.17. The monoisotopic (exact) mass is 478 g/mol. The topological polar surface area (TPSA) is 105 Å². The second-order valence-electron chi connectivity index (χ2n) is 9.84. The Hall–Kier alpha value is -3.35. The maximum absolute atomic E-state index is 13.1. The van der Waals surface area contributed by atoms with Crippen LogP contribution in [0.2, 0.25) is 0 Å². The number of rotatable bonds is 8. The van der Waals surface area contributed by atoms with Crippen molar-refractivity contribution < 1.29 is 24.2 Å². The minimum Gasteiger partial charge on any atom is -0.481 e. The van der Waals surface area contributed by atoms with Crippen molar-refractivity contribution in [1.82, 2.24) is 10.6 Å². The Balaban J connectivity index is 1.40. The van der Waals surface area contributed by atoms with E-state index in [-0.39, 0.29) is 18.4 Å². The van der Waals surface area contributed by atoms with Gasteiger partial charge in [0, 0.05) is 12.0 Å². The Labute approximate surface area is 206 Å². The summed E-state index contributed by atoms with van der Waals surface area (Å²) in [5, 5.41) is 15.4. The molecule has 0 saturated heterocycles. The van der Waals surface area contributed by atoms with Crippen molar-refractivity contribution in [1.29, 1.82) is 0 Å². The summed E-state index contributed by atoms with van der Waals surface area (Å²) in [6, 6.07) is 15.0. The fraction of sp³-hybridized carbons (Fsp3) is 0.464. The highest BCUT2D eigenvalue weighted by Gasteiger charge is 2.44. The second-order valence-corrected chi connectivity index (χ2v) is 9.84. The standard InChI is InChI=1S/C28H34N2O5/c1-3-10-23(25(31)30-24-15-8-9-16-28(24,2)26(32)33)29-27(34)35-17-22-20-13-6-4-11-18(20)19-12-5-7-14-21(19)22/h4-7,11-14,22-24H,3,8-10,15-17H2,1-2H3,(H,29,34)(H,30,31)(H,32,33)/t23-,24?,28?/m1/s1. The SMILES string of the molecule is CCC[C@@H](NC(=O)OCC1c2ccccc2-c2ccccc21)C(=O)NC1CCCCC1(C)C(=O)O. The molecule has 0 spiro atoms. The Morgan fingerprint density at radius 2 is 1.69 bits per heavy atom. The Kier molecular flexibility index (Phi) is 7.43. The molecule has 0 radical (unpaired) electrons. The molecule has 2 amide bonds. The van der Waals surface area contributed by atoms with Crippen molar-refractivity contribution in [2.24, 2.45) is 5.41 Å². The van der Waals surface area contributed by atoms with Gasteiger partial charge in [0.2, 0.25) is 5.91 Å². The molecule has 2 aliphatic rings. The number of carbonyl (C=O) groups excluding carboxylic acids is 2. The van der Waals surface area contributed by atoms with Gasteiger partial charge in [0.15, 0.2) is 0 Å². The van der Waals surface area contributed by atoms with E-state index >= 15 is 0 Å². The van der Waals surface area contributed by atoms with Gasteiger partial charge in [-0.05, 0) is 48.4 Å². The molecule has 7 nitrogen and oxygen atoms in total. The Bertz CT molecular complexity index is 1050. The van der Waals surface area contributed by atoms with E-state index in [1.165, 1.54) is 0 Å². The predicted molar refractivity (Wildman–Crippen MR) is 133 cm³/mol. The largest absolute Gasteiger partial charge is 0.481 e. The molecule has 2 aliphatic carbocycles. The molecule has 4 rings (SSSR count). The third-order valence-electron chi connectivity index (χ3n) is 7.54. The third-order valence-corrected chi connectivity index (χ3v) is 7.54. The first kappa shape index (κ1) is 24.8. The number of amides is 2. The molecule has 0 bridgehead atoms. The Morgan fingerprint density at radius 3 is 2.29 bits per heavy atom. The molecule has 0 aliphatic heterocycles. The van der Waals surface area contributed by atoms with E-state index in [2.05, 4.69) is 34.9 Å². The van der Waals surface area contributed by atoms with Crippen LogP contribution in [0.1, 0.15) is 69.4 Å². The molecular formula is C28H34N2O5. The van der Waals surface area contributed by atoms with Crippen molar-refractivity contribution >= 4 is 18.0 Å². The highest BCUT2D eigenvalue weighted by molar-refractivity contribution is 5.87. The first-order chi connectivity index (χ1) is 16.8. The number of alkyl carbamates (subject to hydrolysis) is 1. The zero-order chi connectivity index (χ0) is 25.0. The summed E-state index contributed by atoms with van der Waals surface area (Å²) in [7, 11) is 0. The van der Waals surface area contributed by atoms with Crippen LogP contribution < -0.4 is 10.6 Å². The van der Waals surface area contributed by atoms with Gasteiger partial charge in [-0.3, -0.25) is 9.59 Å². The van der Waals surface area contributed by atoms with Crippen LogP contribution in [0.5, 0.6) is 0 Å². The van der Waals surface area contributed by atoms with Crippen molar-refractivity contribution in [3.05, 3.63) is 59.7 Å². The van der Waals surface area contributed by atoms with Crippen LogP contribution in [0, 0.1) is 5.41 Å². The summed E-state index contributed by atoms with van der Waals surface area (Å²) < 4.78 is 5.61. The van der Waals surface area contributed by atoms with E-state index in [1.807, 2.05) is 31.2 Å². The average molecular weight is 479 g/mol. The first-order valence-electron chi connectivity index (χ1n) is 12.5. The van der Waals surface area contributed by atoms with E-state index in [0.717, 1.165) is 35.1 Å². The number of aliphatic carboxylic acids is 1. The van der Waals surface area contributed by atoms with Crippen molar-refractivity contribution in [2.45, 2.75) is 70.4 Å². The van der Waals surface area contributed by atoms with Gasteiger partial charge in [0.05, 0.1) is 5.41 Å². The normalized spacial score (nSPS) is 21.9. The Morgan fingerprint density at radius 1 is 1.06 bits per heavy atom. The van der Waals surface area contributed by atoms with Gasteiger partial charge >= 0.3 is 12.1 Å². The molecule has 1 saturated carbocycles. The number of fused-ring (bicyclic) bond motifs is 3. The maximum Gasteiger partial charge on any atom is 0.407 e. The summed E-state index contributed by atoms with van der Waals surface area (Å²) in [6.45, 7) is 3.79. The van der Waals surface area contributed by atoms with Gasteiger partial charge in [-0.1, -0.05) is 74.7 Å². The molecule has 2 aromatic rings. The number of hydrogen-bond acceptors (Lipinski definition) is 4. The van der Waals surface area contributed by atoms with E-state index in [9.17, 15) is 19.5 Å². The number of carboxylic acids is 1. The van der Waals surface area contributed by atoms with Gasteiger partial charge < -0.3 is 20.5 Å². The van der Waals surface area contributed by atoms with E-state index in [1.54, 1.807) is 6.92 Å². The lowest BCUT2D eigenvalue weighted by Crippen LogP contribution is -2.56. The van der Waals surface area contributed by atoms with Gasteiger partial charge in [-0.25, -0.2) is 4.79 Å². The molecule has 35 heavy (non-hydrogen) atoms. The second kappa shape index (κ2) is 10.5. The third kappa shape index (κ3) is 5.04. The lowest BCUT2D eigenvalue weighted by atomic mass is 9.71. The molecule has 3 atom stereocenters. The van der Waals surface area contributed by atoms with Crippen molar-refractivity contribution in [3.8, 4) is 11.1 Å². The van der Waals surface area contributed by atoms with Gasteiger partial charge in [0.1, 0.15) is 12.6 Å². The fourth-order valence-electron chi connectivity index (χ4n) is 5.43. The number of benzene rings is 2. The van der Waals surface area contributed by atoms with Crippen LogP contribution in [0.15, 0.2) is 48.5 Å². The highest BCUT2D eigenvalue weighted by Crippen LogP contribution is 2.44. The zero-order valence-electron chi connectivity index (χ0n) is 20.4. The van der Waals surface area contributed by atoms with Crippen LogP contribution in [0.4, 0.5) is 4.79 Å². The smallest absolute Gasteiger partial charge is 0.407 e. The number of carbonyl (C=O) groups is 3. The molecule has 2 unspecified atom stereocenters. The summed E-state index contributed by atoms with van der Waals surface area (Å²) in [6.07, 6.45) is 3.29. The number of ether oxygens (including phenoxy) is 1. The lowest BCUT2D eigenvalue weighted by Gasteiger charge is -2.39. The fourth-order valence-corrected chi connectivity index (χ4v) is 5.43. The zero-order valence-corrected chi connectivity index (χ0v) is 20.4. The lowest BCUT2D eigenvalue weighted by molar-refractivity contribution is -0.152. The molecule has 7 heteroatoms. The van der Waals surface area contributed by atoms with Crippen LogP contribution in [0.3, 0.4) is 0 Å². The van der Waals surface area contributed by atoms with Crippen molar-refractivity contribution in [2.75, 3.05) is 6.61 Å². The van der Waals surface area contributed by atoms with E-state index < -0.39 is 29.6 Å². The molecular weight excluding hydrogens is 444 g/mol. The van der Waals surface area contributed by atoms with Crippen LogP contribution in [-0.4, -0.2) is 41.8 Å².